The third-order valence-corrected chi connectivity index (χ3v) is 3.95. The van der Waals surface area contributed by atoms with Gasteiger partial charge in [0.25, 0.3) is 5.91 Å². The number of furan rings is 1. The van der Waals surface area contributed by atoms with Crippen LogP contribution >= 0.6 is 0 Å². The van der Waals surface area contributed by atoms with Gasteiger partial charge in [0.2, 0.25) is 0 Å². The van der Waals surface area contributed by atoms with Gasteiger partial charge in [0, 0.05) is 5.56 Å². The second-order valence-corrected chi connectivity index (χ2v) is 5.55. The molecular formula is C17H15FN4O2. The highest BCUT2D eigenvalue weighted by atomic mass is 19.1. The van der Waals surface area contributed by atoms with Gasteiger partial charge >= 0.3 is 0 Å². The van der Waals surface area contributed by atoms with Crippen molar-refractivity contribution in [3.05, 3.63) is 66.0 Å². The number of amides is 1. The van der Waals surface area contributed by atoms with Crippen LogP contribution in [0, 0.1) is 5.82 Å². The molecule has 122 valence electrons. The summed E-state index contributed by atoms with van der Waals surface area (Å²) in [7, 11) is 0. The molecular weight excluding hydrogens is 311 g/mol. The first-order valence-electron chi connectivity index (χ1n) is 7.60. The van der Waals surface area contributed by atoms with Crippen LogP contribution in [0.5, 0.6) is 0 Å². The molecule has 0 fully saturated rings. The summed E-state index contributed by atoms with van der Waals surface area (Å²) in [6.45, 7) is 0.954. The highest BCUT2D eigenvalue weighted by molar-refractivity contribution is 5.94. The maximum atomic E-state index is 13.1. The van der Waals surface area contributed by atoms with Crippen molar-refractivity contribution in [3.8, 4) is 11.3 Å². The van der Waals surface area contributed by atoms with E-state index in [1.807, 2.05) is 12.1 Å². The van der Waals surface area contributed by atoms with E-state index in [-0.39, 0.29) is 17.9 Å². The maximum absolute atomic E-state index is 13.1. The zero-order valence-electron chi connectivity index (χ0n) is 12.7. The minimum Gasteiger partial charge on any atom is -0.468 e. The number of nitrogens with zero attached hydrogens (tertiary/aromatic N) is 2. The number of aromatic nitrogens is 2. The van der Waals surface area contributed by atoms with Crippen LogP contribution in [0.1, 0.15) is 22.4 Å². The van der Waals surface area contributed by atoms with Gasteiger partial charge in [-0.05, 0) is 42.5 Å². The highest BCUT2D eigenvalue weighted by Crippen LogP contribution is 2.23. The number of benzene rings is 1. The number of fused-ring (bicyclic) bond motifs is 1. The first kappa shape index (κ1) is 14.6. The molecule has 6 nitrogen and oxygen atoms in total. The van der Waals surface area contributed by atoms with Gasteiger partial charge in [-0.1, -0.05) is 0 Å². The van der Waals surface area contributed by atoms with Crippen LogP contribution in [0.2, 0.25) is 0 Å². The summed E-state index contributed by atoms with van der Waals surface area (Å²) in [6, 6.07) is 11.5. The zero-order valence-corrected chi connectivity index (χ0v) is 12.7. The Bertz CT molecular complexity index is 855. The van der Waals surface area contributed by atoms with Crippen molar-refractivity contribution >= 4 is 5.91 Å². The summed E-state index contributed by atoms with van der Waals surface area (Å²) in [5.74, 6) is 0.324. The van der Waals surface area contributed by atoms with Gasteiger partial charge in [0.1, 0.15) is 23.4 Å². The summed E-state index contributed by atoms with van der Waals surface area (Å²) in [5.41, 5.74) is 1.86. The van der Waals surface area contributed by atoms with Crippen molar-refractivity contribution in [1.82, 2.24) is 20.4 Å². The van der Waals surface area contributed by atoms with E-state index in [0.29, 0.717) is 24.5 Å². The van der Waals surface area contributed by atoms with Gasteiger partial charge in [-0.2, -0.15) is 5.10 Å². The van der Waals surface area contributed by atoms with Crippen LogP contribution in [0.25, 0.3) is 11.3 Å². The monoisotopic (exact) mass is 326 g/mol. The molecule has 0 saturated carbocycles. The third-order valence-electron chi connectivity index (χ3n) is 3.95. The van der Waals surface area contributed by atoms with Crippen molar-refractivity contribution in [3.63, 3.8) is 0 Å². The third kappa shape index (κ3) is 2.69. The van der Waals surface area contributed by atoms with E-state index >= 15 is 0 Å². The second kappa shape index (κ2) is 5.93. The molecule has 24 heavy (non-hydrogen) atoms. The predicted molar refractivity (Wildman–Crippen MR) is 84.5 cm³/mol. The van der Waals surface area contributed by atoms with Gasteiger partial charge in [-0.15, -0.1) is 0 Å². The molecule has 0 radical (unpaired) electrons. The van der Waals surface area contributed by atoms with Crippen molar-refractivity contribution in [2.75, 3.05) is 6.54 Å². The lowest BCUT2D eigenvalue weighted by Crippen LogP contribution is -2.45. The topological polar surface area (TPSA) is 72.1 Å². The molecule has 0 aliphatic carbocycles. The lowest BCUT2D eigenvalue weighted by Gasteiger charge is -2.25. The molecule has 3 heterocycles. The molecule has 0 unspecified atom stereocenters. The molecule has 0 saturated heterocycles. The minimum absolute atomic E-state index is 0.174. The molecule has 1 aromatic carbocycles. The fourth-order valence-electron chi connectivity index (χ4n) is 2.72. The van der Waals surface area contributed by atoms with Gasteiger partial charge in [0.15, 0.2) is 0 Å². The van der Waals surface area contributed by atoms with Gasteiger partial charge in [0.05, 0.1) is 25.0 Å². The van der Waals surface area contributed by atoms with E-state index in [2.05, 4.69) is 15.7 Å². The Balaban J connectivity index is 1.62. The largest absolute Gasteiger partial charge is 0.468 e. The van der Waals surface area contributed by atoms with E-state index < -0.39 is 0 Å². The fourth-order valence-corrected chi connectivity index (χ4v) is 2.72. The number of hydrogen-bond acceptors (Lipinski definition) is 4. The highest BCUT2D eigenvalue weighted by Gasteiger charge is 2.27. The normalized spacial score (nSPS) is 16.7. The van der Waals surface area contributed by atoms with E-state index in [9.17, 15) is 9.18 Å². The Morgan fingerprint density at radius 3 is 2.92 bits per heavy atom. The lowest BCUT2D eigenvalue weighted by atomic mass is 10.1. The molecule has 1 aliphatic heterocycles. The summed E-state index contributed by atoms with van der Waals surface area (Å²) < 4.78 is 20.1. The van der Waals surface area contributed by atoms with Crippen LogP contribution < -0.4 is 10.6 Å². The van der Waals surface area contributed by atoms with Gasteiger partial charge in [-0.25, -0.2) is 9.07 Å². The van der Waals surface area contributed by atoms with Gasteiger partial charge in [-0.3, -0.25) is 10.1 Å². The molecule has 2 N–H and O–H groups in total. The Hall–Kier alpha value is -2.93. The Morgan fingerprint density at radius 2 is 2.17 bits per heavy atom. The number of carbonyl (C=O) groups is 1. The van der Waals surface area contributed by atoms with E-state index in [4.69, 9.17) is 4.42 Å². The number of rotatable bonds is 4. The average Bonchev–Trinajstić information content (AvgIpc) is 3.25. The van der Waals surface area contributed by atoms with Crippen LogP contribution in [-0.2, 0) is 6.54 Å². The van der Waals surface area contributed by atoms with Crippen molar-refractivity contribution in [2.24, 2.45) is 0 Å². The predicted octanol–water partition coefficient (Wildman–Crippen LogP) is 2.31. The molecule has 4 rings (SSSR count). The minimum atomic E-state index is -0.307. The molecule has 0 spiro atoms. The number of hydrogen-bond donors (Lipinski definition) is 2. The second-order valence-electron chi connectivity index (χ2n) is 5.55. The zero-order chi connectivity index (χ0) is 16.5. The van der Waals surface area contributed by atoms with E-state index in [0.717, 1.165) is 11.3 Å². The van der Waals surface area contributed by atoms with Crippen molar-refractivity contribution in [2.45, 2.75) is 12.7 Å². The Morgan fingerprint density at radius 1 is 1.33 bits per heavy atom. The molecule has 1 atom stereocenters. The molecule has 7 heteroatoms. The van der Waals surface area contributed by atoms with E-state index in [1.54, 1.807) is 29.1 Å². The van der Waals surface area contributed by atoms with Crippen LogP contribution in [-0.4, -0.2) is 22.2 Å². The molecule has 2 aromatic heterocycles. The first-order chi connectivity index (χ1) is 11.7. The van der Waals surface area contributed by atoms with Crippen molar-refractivity contribution < 1.29 is 13.6 Å². The summed E-state index contributed by atoms with van der Waals surface area (Å²) >= 11 is 0. The standard InChI is InChI=1S/C17H15FN4O2/c18-12-5-3-11(4-6-12)14-8-15-17(23)20-10-16(22(15)21-14)19-9-13-2-1-7-24-13/h1-8,16,19H,9-10H2,(H,20,23)/t16-/m0/s1. The molecule has 3 aromatic rings. The summed E-state index contributed by atoms with van der Waals surface area (Å²) in [6.07, 6.45) is 1.43. The Labute approximate surface area is 137 Å². The number of halogens is 1. The first-order valence-corrected chi connectivity index (χ1v) is 7.60. The maximum Gasteiger partial charge on any atom is 0.269 e. The number of nitrogens with one attached hydrogen (secondary N) is 2. The molecule has 0 bridgehead atoms. The van der Waals surface area contributed by atoms with Crippen LogP contribution in [0.15, 0.2) is 53.1 Å². The summed E-state index contributed by atoms with van der Waals surface area (Å²) in [4.78, 5) is 12.1. The average molecular weight is 326 g/mol. The Kier molecular flexibility index (Phi) is 3.62. The lowest BCUT2D eigenvalue weighted by molar-refractivity contribution is 0.0899. The van der Waals surface area contributed by atoms with Crippen LogP contribution in [0.3, 0.4) is 0 Å². The fraction of sp³-hybridized carbons (Fsp3) is 0.176. The smallest absolute Gasteiger partial charge is 0.269 e. The number of carbonyl (C=O) groups excluding carboxylic acids is 1. The SMILES string of the molecule is O=C1NC[C@@H](NCc2ccco2)n2nc(-c3ccc(F)cc3)cc21. The van der Waals surface area contributed by atoms with Crippen LogP contribution in [0.4, 0.5) is 4.39 Å². The molecule has 1 aliphatic rings. The van der Waals surface area contributed by atoms with E-state index in [1.165, 1.54) is 12.1 Å². The molecule has 1 amide bonds. The van der Waals surface area contributed by atoms with Crippen molar-refractivity contribution in [1.29, 1.82) is 0 Å². The summed E-state index contributed by atoms with van der Waals surface area (Å²) in [5, 5.41) is 10.7. The van der Waals surface area contributed by atoms with Gasteiger partial charge < -0.3 is 9.73 Å². The quantitative estimate of drug-likeness (QED) is 0.772.